The van der Waals surface area contributed by atoms with E-state index in [-0.39, 0.29) is 0 Å². The lowest BCUT2D eigenvalue weighted by Gasteiger charge is -2.15. The fourth-order valence-corrected chi connectivity index (χ4v) is 20.2. The summed E-state index contributed by atoms with van der Waals surface area (Å²) in [5.41, 5.74) is 15.3. The highest BCUT2D eigenvalue weighted by atomic mass is 32.1. The van der Waals surface area contributed by atoms with Gasteiger partial charge in [0.25, 0.3) is 0 Å². The molecular formula is C138H146N2O2S3. The first-order valence-electron chi connectivity index (χ1n) is 52.2. The molecule has 0 N–H and O–H groups in total. The maximum Gasteiger partial charge on any atom is 0.135 e. The molecule has 1 fully saturated rings. The first-order valence-corrected chi connectivity index (χ1v) is 54.6. The molecule has 0 atom stereocenters. The predicted molar refractivity (Wildman–Crippen MR) is 652 cm³/mol. The Bertz CT molecular complexity index is 6860. The first kappa shape index (κ1) is 112. The van der Waals surface area contributed by atoms with Gasteiger partial charge in [0.2, 0.25) is 0 Å². The van der Waals surface area contributed by atoms with E-state index >= 15 is 0 Å². The third-order valence-corrected chi connectivity index (χ3v) is 26.8. The minimum absolute atomic E-state index is 0.962. The average Bonchev–Trinajstić information content (AvgIpc) is 1.60. The summed E-state index contributed by atoms with van der Waals surface area (Å²) in [6.45, 7) is 36.6. The van der Waals surface area contributed by atoms with Crippen LogP contribution < -0.4 is 0 Å². The summed E-state index contributed by atoms with van der Waals surface area (Å²) in [5, 5.41) is 18.3. The molecule has 1 aliphatic rings. The van der Waals surface area contributed by atoms with Crippen molar-refractivity contribution in [2.75, 3.05) is 0 Å². The Hall–Kier alpha value is -15.0. The molecule has 7 heterocycles. The van der Waals surface area contributed by atoms with Crippen LogP contribution in [0.1, 0.15) is 153 Å². The predicted octanol–water partition coefficient (Wildman–Crippen LogP) is 44.7. The number of fused-ring (bicyclic) bond motifs is 21. The highest BCUT2D eigenvalue weighted by Gasteiger charge is 2.14. The Morgan fingerprint density at radius 3 is 0.510 bits per heavy atom. The monoisotopic (exact) mass is 1960 g/mol. The summed E-state index contributed by atoms with van der Waals surface area (Å²) in [5.74, 6) is 1.04. The van der Waals surface area contributed by atoms with Gasteiger partial charge in [-0.25, -0.2) is 0 Å². The number of furan rings is 2. The molecule has 0 radical (unpaired) electrons. The highest BCUT2D eigenvalue weighted by Crippen LogP contribution is 2.39. The van der Waals surface area contributed by atoms with Crippen LogP contribution in [0.4, 0.5) is 0 Å². The van der Waals surface area contributed by atoms with Crippen molar-refractivity contribution < 1.29 is 8.83 Å². The number of hydrogen-bond donors (Lipinski definition) is 0. The summed E-state index contributed by atoms with van der Waals surface area (Å²) in [6.07, 6.45) is 7.44. The lowest BCUT2D eigenvalue weighted by atomic mass is 9.91. The number of nitrogens with zero attached hydrogens (tertiary/aromatic N) is 2. The van der Waals surface area contributed by atoms with E-state index in [1.165, 1.54) is 186 Å². The van der Waals surface area contributed by atoms with Crippen LogP contribution >= 0.6 is 34.0 Å². The number of hydrogen-bond acceptors (Lipinski definition) is 5. The lowest BCUT2D eigenvalue weighted by molar-refractivity contribution is 0.385. The van der Waals surface area contributed by atoms with E-state index in [0.29, 0.717) is 0 Å². The van der Waals surface area contributed by atoms with Gasteiger partial charge in [0, 0.05) is 115 Å². The Morgan fingerprint density at radius 2 is 0.331 bits per heavy atom. The quantitative estimate of drug-likeness (QED) is 0.173. The molecule has 7 aromatic heterocycles. The standard InChI is InChI=1S/2C18H13N.2C12H8O.3C12H8S.C7H14.3C7H8.7C2H6/c2*1-2-8-14(9-3-1)19-17-12-6-4-10-15(17)16-11-5-7-13-18(16)19;5*1-3-7-11-9(5-1)10-6-2-4-8-12(10)13-11;4*1-7-5-3-2-4-6-7;7*1-2/h2*1-13H;5*1-8H;7H,2-6H2,1H3;3*2-6H,1H3;7*1-2H3. The van der Waals surface area contributed by atoms with Gasteiger partial charge in [0.15, 0.2) is 0 Å². The summed E-state index contributed by atoms with van der Waals surface area (Å²) in [4.78, 5) is 0. The van der Waals surface area contributed by atoms with Crippen molar-refractivity contribution in [3.63, 3.8) is 0 Å². The van der Waals surface area contributed by atoms with Crippen LogP contribution in [0.5, 0.6) is 0 Å². The summed E-state index contributed by atoms with van der Waals surface area (Å²) >= 11 is 5.58. The Balaban J connectivity index is 0.000000164. The van der Waals surface area contributed by atoms with E-state index in [1.54, 1.807) is 0 Å². The Labute approximate surface area is 875 Å². The minimum atomic E-state index is 0.962. The van der Waals surface area contributed by atoms with Crippen LogP contribution in [-0.4, -0.2) is 9.13 Å². The van der Waals surface area contributed by atoms with E-state index in [0.717, 1.165) is 28.2 Å². The molecule has 145 heavy (non-hydrogen) atoms. The first-order chi connectivity index (χ1) is 71.7. The molecule has 19 aromatic carbocycles. The van der Waals surface area contributed by atoms with E-state index in [4.69, 9.17) is 8.83 Å². The molecule has 7 heteroatoms. The Kier molecular flexibility index (Phi) is 48.2. The SMILES string of the molecule is CC.CC.CC.CC.CC.CC.CC.CC1CCCCC1.Cc1ccccc1.Cc1ccccc1.Cc1ccccc1.c1ccc(-n2c3ccccc3c3ccccc32)cc1.c1ccc(-n2c3ccccc3c3ccccc32)cc1.c1ccc2c(c1)oc1ccccc12.c1ccc2c(c1)oc1ccccc12.c1ccc2c(c1)sc1ccccc12.c1ccc2c(c1)sc1ccccc12.c1ccc2c(c1)sc1ccccc12. The zero-order valence-electron chi connectivity index (χ0n) is 88.3. The fourth-order valence-electron chi connectivity index (χ4n) is 16.8. The third kappa shape index (κ3) is 31.0. The molecule has 1 saturated carbocycles. The van der Waals surface area contributed by atoms with Crippen LogP contribution in [0, 0.1) is 26.7 Å². The number of aryl methyl sites for hydroxylation is 3. The zero-order valence-corrected chi connectivity index (χ0v) is 90.8. The van der Waals surface area contributed by atoms with Crippen molar-refractivity contribution >= 4 is 182 Å². The maximum absolute atomic E-state index is 5.65. The summed E-state index contributed by atoms with van der Waals surface area (Å²) in [7, 11) is 0. The second-order valence-corrected chi connectivity index (χ2v) is 35.8. The van der Waals surface area contributed by atoms with Gasteiger partial charge in [-0.3, -0.25) is 0 Å². The molecule has 0 amide bonds. The van der Waals surface area contributed by atoms with E-state index < -0.39 is 0 Å². The van der Waals surface area contributed by atoms with Crippen molar-refractivity contribution in [3.05, 3.63) is 508 Å². The van der Waals surface area contributed by atoms with Crippen LogP contribution in [-0.2, 0) is 0 Å². The molecule has 0 bridgehead atoms. The van der Waals surface area contributed by atoms with Crippen LogP contribution in [0.25, 0.3) is 159 Å². The molecular weight excluding hydrogens is 1810 g/mol. The van der Waals surface area contributed by atoms with Gasteiger partial charge in [-0.1, -0.05) is 535 Å². The molecule has 0 spiro atoms. The molecule has 0 aliphatic heterocycles. The maximum atomic E-state index is 5.65. The molecule has 738 valence electrons. The number of aromatic nitrogens is 2. The van der Waals surface area contributed by atoms with Crippen LogP contribution in [0.2, 0.25) is 0 Å². The molecule has 0 saturated heterocycles. The van der Waals surface area contributed by atoms with Crippen molar-refractivity contribution in [1.82, 2.24) is 9.13 Å². The topological polar surface area (TPSA) is 36.1 Å². The largest absolute Gasteiger partial charge is 0.456 e. The Morgan fingerprint density at radius 1 is 0.172 bits per heavy atom. The van der Waals surface area contributed by atoms with Gasteiger partial charge in [0.1, 0.15) is 22.3 Å². The van der Waals surface area contributed by atoms with Gasteiger partial charge in [-0.15, -0.1) is 34.0 Å². The number of para-hydroxylation sites is 10. The van der Waals surface area contributed by atoms with Gasteiger partial charge in [0.05, 0.1) is 22.1 Å². The number of thiophene rings is 3. The lowest BCUT2D eigenvalue weighted by Crippen LogP contribution is -1.99. The summed E-state index contributed by atoms with van der Waals surface area (Å²) in [6, 6.07) is 170. The molecule has 0 unspecified atom stereocenters. The second kappa shape index (κ2) is 62.5. The van der Waals surface area contributed by atoms with Crippen molar-refractivity contribution in [1.29, 1.82) is 0 Å². The van der Waals surface area contributed by atoms with Crippen molar-refractivity contribution in [2.45, 2.75) is 157 Å². The van der Waals surface area contributed by atoms with E-state index in [9.17, 15) is 0 Å². The normalized spacial score (nSPS) is 10.7. The minimum Gasteiger partial charge on any atom is -0.456 e. The van der Waals surface area contributed by atoms with Crippen molar-refractivity contribution in [2.24, 2.45) is 5.92 Å². The zero-order chi connectivity index (χ0) is 103. The van der Waals surface area contributed by atoms with Crippen LogP contribution in [0.15, 0.2) is 500 Å². The third-order valence-electron chi connectivity index (χ3n) is 23.3. The molecule has 4 nitrogen and oxygen atoms in total. The van der Waals surface area contributed by atoms with Gasteiger partial charge < -0.3 is 18.0 Å². The van der Waals surface area contributed by atoms with Gasteiger partial charge >= 0.3 is 0 Å². The molecule has 1 aliphatic carbocycles. The smallest absolute Gasteiger partial charge is 0.135 e. The second-order valence-electron chi connectivity index (χ2n) is 32.6. The van der Waals surface area contributed by atoms with Gasteiger partial charge in [-0.05, 0) is 136 Å². The number of rotatable bonds is 2. The van der Waals surface area contributed by atoms with Crippen molar-refractivity contribution in [3.8, 4) is 11.4 Å². The van der Waals surface area contributed by atoms with Gasteiger partial charge in [-0.2, -0.15) is 0 Å². The average molecular weight is 1960 g/mol. The number of benzene rings is 19. The van der Waals surface area contributed by atoms with E-state index in [2.05, 4.69) is 401 Å². The molecule has 26 aromatic rings. The highest BCUT2D eigenvalue weighted by molar-refractivity contribution is 7.26. The summed E-state index contributed by atoms with van der Waals surface area (Å²) < 4.78 is 24.2. The van der Waals surface area contributed by atoms with E-state index in [1.807, 2.05) is 258 Å². The van der Waals surface area contributed by atoms with Crippen LogP contribution in [0.3, 0.4) is 0 Å². The molecule has 27 rings (SSSR count). The fraction of sp³-hybridized carbons (Fsp3) is 0.174.